The molecule has 0 aliphatic rings. The molecule has 1 atom stereocenters. The number of hydrogen-bond donors (Lipinski definition) is 2. The van der Waals surface area contributed by atoms with Crippen molar-refractivity contribution in [2.75, 3.05) is 5.32 Å². The predicted octanol–water partition coefficient (Wildman–Crippen LogP) is 2.48. The van der Waals surface area contributed by atoms with Gasteiger partial charge in [0.05, 0.1) is 0 Å². The molecule has 84 valence electrons. The van der Waals surface area contributed by atoms with Crippen molar-refractivity contribution < 1.29 is 4.79 Å². The summed E-state index contributed by atoms with van der Waals surface area (Å²) in [4.78, 5) is 10.8. The van der Waals surface area contributed by atoms with Gasteiger partial charge in [-0.2, -0.15) is 0 Å². The topological polar surface area (TPSA) is 55.1 Å². The summed E-state index contributed by atoms with van der Waals surface area (Å²) in [5.74, 6) is -0.0578. The van der Waals surface area contributed by atoms with E-state index in [0.29, 0.717) is 0 Å². The molecule has 0 saturated heterocycles. The molecule has 0 aliphatic carbocycles. The second-order valence-electron chi connectivity index (χ2n) is 3.32. The van der Waals surface area contributed by atoms with Gasteiger partial charge in [0.1, 0.15) is 0 Å². The molecular formula is C11H17ClN2O. The molecule has 0 fully saturated rings. The van der Waals surface area contributed by atoms with Crippen LogP contribution >= 0.6 is 12.4 Å². The number of nitrogens with two attached hydrogens (primary N) is 1. The third-order valence-electron chi connectivity index (χ3n) is 2.10. The smallest absolute Gasteiger partial charge is 0.221 e. The second-order valence-corrected chi connectivity index (χ2v) is 3.32. The Hall–Kier alpha value is -1.06. The Morgan fingerprint density at radius 1 is 1.40 bits per heavy atom. The first-order valence-corrected chi connectivity index (χ1v) is 4.76. The minimum atomic E-state index is -0.0578. The van der Waals surface area contributed by atoms with Gasteiger partial charge in [-0.25, -0.2) is 0 Å². The third kappa shape index (κ3) is 4.32. The van der Waals surface area contributed by atoms with Crippen LogP contribution in [0.1, 0.15) is 31.9 Å². The quantitative estimate of drug-likeness (QED) is 0.835. The van der Waals surface area contributed by atoms with Crippen molar-refractivity contribution in [3.8, 4) is 0 Å². The summed E-state index contributed by atoms with van der Waals surface area (Å²) < 4.78 is 0. The zero-order valence-electron chi connectivity index (χ0n) is 8.99. The minimum Gasteiger partial charge on any atom is -0.326 e. The highest BCUT2D eigenvalue weighted by Crippen LogP contribution is 2.16. The van der Waals surface area contributed by atoms with Crippen LogP contribution in [0.3, 0.4) is 0 Å². The molecule has 0 saturated carbocycles. The fraction of sp³-hybridized carbons (Fsp3) is 0.364. The van der Waals surface area contributed by atoms with Crippen molar-refractivity contribution in [2.24, 2.45) is 5.73 Å². The normalized spacial score (nSPS) is 11.4. The standard InChI is InChI=1S/C11H16N2O.ClH/c1-3-11(12)9-4-6-10(7-5-9)13-8(2)14;/h4-7,11H,3,12H2,1-2H3,(H,13,14);1H/t11-;/m0./s1. The van der Waals surface area contributed by atoms with E-state index in [9.17, 15) is 4.79 Å². The molecule has 0 aromatic heterocycles. The van der Waals surface area contributed by atoms with Crippen molar-refractivity contribution in [2.45, 2.75) is 26.3 Å². The van der Waals surface area contributed by atoms with Gasteiger partial charge in [0.25, 0.3) is 0 Å². The molecule has 1 aromatic carbocycles. The van der Waals surface area contributed by atoms with Crippen LogP contribution in [0, 0.1) is 0 Å². The molecule has 3 nitrogen and oxygen atoms in total. The predicted molar refractivity (Wildman–Crippen MR) is 65.2 cm³/mol. The van der Waals surface area contributed by atoms with Gasteiger partial charge < -0.3 is 11.1 Å². The average molecular weight is 229 g/mol. The van der Waals surface area contributed by atoms with Gasteiger partial charge in [0.15, 0.2) is 0 Å². The number of carbonyl (C=O) groups excluding carboxylic acids is 1. The van der Waals surface area contributed by atoms with Gasteiger partial charge in [0, 0.05) is 18.7 Å². The van der Waals surface area contributed by atoms with Gasteiger partial charge in [0.2, 0.25) is 5.91 Å². The molecule has 1 aromatic rings. The van der Waals surface area contributed by atoms with Crippen LogP contribution in [0.2, 0.25) is 0 Å². The van der Waals surface area contributed by atoms with Gasteiger partial charge in [-0.15, -0.1) is 12.4 Å². The van der Waals surface area contributed by atoms with Crippen molar-refractivity contribution in [3.05, 3.63) is 29.8 Å². The molecule has 0 radical (unpaired) electrons. The van der Waals surface area contributed by atoms with Crippen LogP contribution < -0.4 is 11.1 Å². The van der Waals surface area contributed by atoms with Crippen LogP contribution in [-0.4, -0.2) is 5.91 Å². The maximum atomic E-state index is 10.8. The van der Waals surface area contributed by atoms with E-state index in [2.05, 4.69) is 5.32 Å². The first-order chi connectivity index (χ1) is 6.63. The number of rotatable bonds is 3. The Balaban J connectivity index is 0.00000196. The molecule has 0 heterocycles. The van der Waals surface area contributed by atoms with Crippen LogP contribution in [0.25, 0.3) is 0 Å². The number of nitrogens with one attached hydrogen (secondary N) is 1. The van der Waals surface area contributed by atoms with Crippen LogP contribution in [0.4, 0.5) is 5.69 Å². The lowest BCUT2D eigenvalue weighted by atomic mass is 10.1. The largest absolute Gasteiger partial charge is 0.326 e. The molecule has 0 unspecified atom stereocenters. The molecule has 1 rings (SSSR count). The Kier molecular flexibility index (Phi) is 5.97. The summed E-state index contributed by atoms with van der Waals surface area (Å²) in [6.45, 7) is 3.54. The highest BCUT2D eigenvalue weighted by molar-refractivity contribution is 5.88. The lowest BCUT2D eigenvalue weighted by Gasteiger charge is -2.09. The Morgan fingerprint density at radius 3 is 2.33 bits per heavy atom. The molecule has 15 heavy (non-hydrogen) atoms. The zero-order chi connectivity index (χ0) is 10.6. The van der Waals surface area contributed by atoms with Crippen molar-refractivity contribution >= 4 is 24.0 Å². The van der Waals surface area contributed by atoms with Gasteiger partial charge in [-0.3, -0.25) is 4.79 Å². The van der Waals surface area contributed by atoms with Gasteiger partial charge >= 0.3 is 0 Å². The van der Waals surface area contributed by atoms with Crippen LogP contribution in [0.5, 0.6) is 0 Å². The minimum absolute atomic E-state index is 0. The fourth-order valence-corrected chi connectivity index (χ4v) is 1.25. The van der Waals surface area contributed by atoms with Crippen LogP contribution in [-0.2, 0) is 4.79 Å². The SMILES string of the molecule is CC[C@H](N)c1ccc(NC(C)=O)cc1.Cl. The summed E-state index contributed by atoms with van der Waals surface area (Å²) in [6, 6.07) is 7.71. The number of hydrogen-bond acceptors (Lipinski definition) is 2. The maximum Gasteiger partial charge on any atom is 0.221 e. The number of benzene rings is 1. The second kappa shape index (κ2) is 6.43. The van der Waals surface area contributed by atoms with Crippen molar-refractivity contribution in [1.82, 2.24) is 0 Å². The van der Waals surface area contributed by atoms with Gasteiger partial charge in [-0.1, -0.05) is 19.1 Å². The Bertz CT molecular complexity index is 311. The summed E-state index contributed by atoms with van der Waals surface area (Å²) in [7, 11) is 0. The number of carbonyl (C=O) groups is 1. The lowest BCUT2D eigenvalue weighted by molar-refractivity contribution is -0.114. The number of anilines is 1. The summed E-state index contributed by atoms with van der Waals surface area (Å²) in [6.07, 6.45) is 0.916. The molecule has 0 spiro atoms. The first-order valence-electron chi connectivity index (χ1n) is 4.76. The van der Waals surface area contributed by atoms with E-state index >= 15 is 0 Å². The zero-order valence-corrected chi connectivity index (χ0v) is 9.80. The maximum absolute atomic E-state index is 10.8. The summed E-state index contributed by atoms with van der Waals surface area (Å²) in [5.41, 5.74) is 7.77. The molecule has 4 heteroatoms. The molecule has 3 N–H and O–H groups in total. The number of halogens is 1. The molecule has 0 bridgehead atoms. The monoisotopic (exact) mass is 228 g/mol. The first kappa shape index (κ1) is 13.9. The highest BCUT2D eigenvalue weighted by Gasteiger charge is 2.02. The van der Waals surface area contributed by atoms with Crippen molar-refractivity contribution in [3.63, 3.8) is 0 Å². The third-order valence-corrected chi connectivity index (χ3v) is 2.10. The lowest BCUT2D eigenvalue weighted by Crippen LogP contribution is -2.09. The fourth-order valence-electron chi connectivity index (χ4n) is 1.25. The van der Waals surface area contributed by atoms with Crippen LogP contribution in [0.15, 0.2) is 24.3 Å². The highest BCUT2D eigenvalue weighted by atomic mass is 35.5. The summed E-state index contributed by atoms with van der Waals surface area (Å²) >= 11 is 0. The van der Waals surface area contributed by atoms with Crippen molar-refractivity contribution in [1.29, 1.82) is 0 Å². The van der Waals surface area contributed by atoms with E-state index < -0.39 is 0 Å². The van der Waals surface area contributed by atoms with E-state index in [-0.39, 0.29) is 24.4 Å². The van der Waals surface area contributed by atoms with E-state index in [1.165, 1.54) is 6.92 Å². The Morgan fingerprint density at radius 2 is 1.93 bits per heavy atom. The van der Waals surface area contributed by atoms with E-state index in [1.54, 1.807) is 0 Å². The van der Waals surface area contributed by atoms with E-state index in [0.717, 1.165) is 17.7 Å². The molecule has 1 amide bonds. The average Bonchev–Trinajstić information content (AvgIpc) is 2.17. The number of amides is 1. The molecule has 0 aliphatic heterocycles. The Labute approximate surface area is 96.5 Å². The van der Waals surface area contributed by atoms with Gasteiger partial charge in [-0.05, 0) is 24.1 Å². The summed E-state index contributed by atoms with van der Waals surface area (Å²) in [5, 5.41) is 2.71. The van der Waals surface area contributed by atoms with E-state index in [1.807, 2.05) is 31.2 Å². The molecular weight excluding hydrogens is 212 g/mol. The van der Waals surface area contributed by atoms with E-state index in [4.69, 9.17) is 5.73 Å².